The molecule has 1 aromatic rings. The molecule has 1 aliphatic rings. The molecule has 4 heteroatoms. The molecule has 2 rings (SSSR count). The maximum Gasteiger partial charge on any atom is 0.139 e. The molecule has 0 unspecified atom stereocenters. The normalized spacial score (nSPS) is 13.9. The lowest BCUT2D eigenvalue weighted by Crippen LogP contribution is -2.26. The Morgan fingerprint density at radius 1 is 1.35 bits per heavy atom. The van der Waals surface area contributed by atoms with Crippen LogP contribution in [0, 0.1) is 5.41 Å². The van der Waals surface area contributed by atoms with Crippen molar-refractivity contribution in [2.45, 2.75) is 51.9 Å². The number of aromatic nitrogens is 1. The predicted octanol–water partition coefficient (Wildman–Crippen LogP) is 2.87. The average Bonchev–Trinajstić information content (AvgIpc) is 2.46. The van der Waals surface area contributed by atoms with Crippen LogP contribution in [-0.2, 0) is 12.8 Å². The zero-order valence-corrected chi connectivity index (χ0v) is 12.7. The smallest absolute Gasteiger partial charge is 0.139 e. The van der Waals surface area contributed by atoms with Gasteiger partial charge in [0.2, 0.25) is 0 Å². The third-order valence-electron chi connectivity index (χ3n) is 4.03. The van der Waals surface area contributed by atoms with Crippen LogP contribution in [0.25, 0.3) is 0 Å². The molecule has 0 spiro atoms. The minimum absolute atomic E-state index is 0.128. The lowest BCUT2D eigenvalue weighted by atomic mass is 9.94. The van der Waals surface area contributed by atoms with E-state index in [0.717, 1.165) is 37.2 Å². The van der Waals surface area contributed by atoms with Crippen molar-refractivity contribution in [3.8, 4) is 0 Å². The highest BCUT2D eigenvalue weighted by molar-refractivity contribution is 5.99. The highest BCUT2D eigenvalue weighted by atomic mass is 15.2. The number of pyridine rings is 1. The number of nitrogens with one attached hydrogen (secondary N) is 1. The molecule has 4 nitrogen and oxygen atoms in total. The van der Waals surface area contributed by atoms with Crippen LogP contribution >= 0.6 is 0 Å². The van der Waals surface area contributed by atoms with Crippen LogP contribution in [0.1, 0.15) is 55.8 Å². The number of amidine groups is 1. The number of fused-ring (bicyclic) bond motifs is 1. The molecule has 0 bridgehead atoms. The minimum atomic E-state index is 0.128. The van der Waals surface area contributed by atoms with Crippen molar-refractivity contribution in [3.63, 3.8) is 0 Å². The van der Waals surface area contributed by atoms with Gasteiger partial charge in [0.05, 0.1) is 5.56 Å². The number of nitrogens with zero attached hydrogens (tertiary/aromatic N) is 2. The number of aryl methyl sites for hydroxylation is 2. The predicted molar refractivity (Wildman–Crippen MR) is 84.7 cm³/mol. The number of unbranched alkanes of at least 4 members (excludes halogenated alkanes) is 2. The van der Waals surface area contributed by atoms with E-state index in [2.05, 4.69) is 24.9 Å². The third kappa shape index (κ3) is 3.30. The topological polar surface area (TPSA) is 66.0 Å². The molecule has 0 saturated carbocycles. The fourth-order valence-corrected chi connectivity index (χ4v) is 2.82. The van der Waals surface area contributed by atoms with E-state index in [4.69, 9.17) is 16.1 Å². The molecule has 1 heterocycles. The molecule has 1 aromatic heterocycles. The first kappa shape index (κ1) is 14.8. The van der Waals surface area contributed by atoms with E-state index in [1.807, 2.05) is 0 Å². The third-order valence-corrected chi connectivity index (χ3v) is 4.03. The Bertz CT molecular complexity index is 482. The molecule has 0 aliphatic heterocycles. The number of nitrogen functional groups attached to an aromatic ring is 1. The Balaban J connectivity index is 2.27. The summed E-state index contributed by atoms with van der Waals surface area (Å²) in [7, 11) is 2.06. The van der Waals surface area contributed by atoms with Gasteiger partial charge in [0.15, 0.2) is 0 Å². The zero-order valence-electron chi connectivity index (χ0n) is 12.7. The van der Waals surface area contributed by atoms with Gasteiger partial charge in [-0.3, -0.25) is 5.41 Å². The number of anilines is 1. The van der Waals surface area contributed by atoms with Gasteiger partial charge in [0.1, 0.15) is 11.7 Å². The standard InChI is InChI=1S/C16H26N4/c1-3-4-7-10-20(2)16-13(15(17)18)11-12-8-5-6-9-14(12)19-16/h11H,3-10H2,1-2H3,(H3,17,18). The molecule has 0 saturated heterocycles. The first-order valence-electron chi connectivity index (χ1n) is 7.71. The highest BCUT2D eigenvalue weighted by Gasteiger charge is 2.18. The number of rotatable bonds is 6. The monoisotopic (exact) mass is 274 g/mol. The van der Waals surface area contributed by atoms with Crippen LogP contribution in [0.3, 0.4) is 0 Å². The summed E-state index contributed by atoms with van der Waals surface area (Å²) in [4.78, 5) is 6.97. The van der Waals surface area contributed by atoms with Crippen molar-refractivity contribution in [1.82, 2.24) is 4.98 Å². The lowest BCUT2D eigenvalue weighted by Gasteiger charge is -2.24. The van der Waals surface area contributed by atoms with Crippen LogP contribution in [-0.4, -0.2) is 24.4 Å². The van der Waals surface area contributed by atoms with E-state index in [0.29, 0.717) is 0 Å². The van der Waals surface area contributed by atoms with Gasteiger partial charge in [-0.1, -0.05) is 19.8 Å². The van der Waals surface area contributed by atoms with Gasteiger partial charge >= 0.3 is 0 Å². The average molecular weight is 274 g/mol. The van der Waals surface area contributed by atoms with Gasteiger partial charge in [-0.15, -0.1) is 0 Å². The zero-order chi connectivity index (χ0) is 14.5. The van der Waals surface area contributed by atoms with E-state index in [9.17, 15) is 0 Å². The van der Waals surface area contributed by atoms with Gasteiger partial charge in [0, 0.05) is 19.3 Å². The Labute approximate surface area is 121 Å². The van der Waals surface area contributed by atoms with Crippen molar-refractivity contribution < 1.29 is 0 Å². The van der Waals surface area contributed by atoms with Crippen molar-refractivity contribution in [1.29, 1.82) is 5.41 Å². The molecule has 0 fully saturated rings. The van der Waals surface area contributed by atoms with Crippen LogP contribution in [0.2, 0.25) is 0 Å². The van der Waals surface area contributed by atoms with Crippen LogP contribution in [0.5, 0.6) is 0 Å². The fraction of sp³-hybridized carbons (Fsp3) is 0.625. The minimum Gasteiger partial charge on any atom is -0.384 e. The van der Waals surface area contributed by atoms with Crippen LogP contribution in [0.15, 0.2) is 6.07 Å². The summed E-state index contributed by atoms with van der Waals surface area (Å²) >= 11 is 0. The second-order valence-electron chi connectivity index (χ2n) is 5.71. The van der Waals surface area contributed by atoms with Crippen molar-refractivity contribution in [2.75, 3.05) is 18.5 Å². The van der Waals surface area contributed by atoms with Crippen molar-refractivity contribution in [3.05, 3.63) is 22.9 Å². The molecular weight excluding hydrogens is 248 g/mol. The Morgan fingerprint density at radius 2 is 2.10 bits per heavy atom. The maximum absolute atomic E-state index is 7.81. The van der Waals surface area contributed by atoms with Crippen molar-refractivity contribution in [2.24, 2.45) is 5.73 Å². The van der Waals surface area contributed by atoms with Gasteiger partial charge in [-0.05, 0) is 43.7 Å². The molecular formula is C16H26N4. The SMILES string of the molecule is CCCCCN(C)c1nc2c(cc1C(=N)N)CCCC2. The number of hydrogen-bond donors (Lipinski definition) is 2. The first-order valence-corrected chi connectivity index (χ1v) is 7.71. The summed E-state index contributed by atoms with van der Waals surface area (Å²) in [5.41, 5.74) is 9.04. The van der Waals surface area contributed by atoms with Gasteiger partial charge < -0.3 is 10.6 Å². The quantitative estimate of drug-likeness (QED) is 0.476. The molecule has 0 radical (unpaired) electrons. The number of nitrogens with two attached hydrogens (primary N) is 1. The maximum atomic E-state index is 7.81. The largest absolute Gasteiger partial charge is 0.384 e. The highest BCUT2D eigenvalue weighted by Crippen LogP contribution is 2.26. The molecule has 3 N–H and O–H groups in total. The molecule has 0 aromatic carbocycles. The van der Waals surface area contributed by atoms with E-state index in [1.165, 1.54) is 36.9 Å². The Kier molecular flexibility index (Phi) is 4.99. The number of hydrogen-bond acceptors (Lipinski definition) is 3. The molecule has 0 atom stereocenters. The summed E-state index contributed by atoms with van der Waals surface area (Å²) in [6.07, 6.45) is 8.17. The van der Waals surface area contributed by atoms with E-state index in [-0.39, 0.29) is 5.84 Å². The molecule has 0 amide bonds. The fourth-order valence-electron chi connectivity index (χ4n) is 2.82. The van der Waals surface area contributed by atoms with Gasteiger partial charge in [-0.25, -0.2) is 4.98 Å². The summed E-state index contributed by atoms with van der Waals surface area (Å²) in [6.45, 7) is 3.18. The summed E-state index contributed by atoms with van der Waals surface area (Å²) in [5.74, 6) is 1.01. The Hall–Kier alpha value is -1.58. The second-order valence-corrected chi connectivity index (χ2v) is 5.71. The second kappa shape index (κ2) is 6.73. The van der Waals surface area contributed by atoms with E-state index in [1.54, 1.807) is 0 Å². The molecule has 20 heavy (non-hydrogen) atoms. The Morgan fingerprint density at radius 3 is 2.80 bits per heavy atom. The first-order chi connectivity index (χ1) is 9.63. The van der Waals surface area contributed by atoms with Crippen molar-refractivity contribution >= 4 is 11.7 Å². The van der Waals surface area contributed by atoms with Crippen LogP contribution in [0.4, 0.5) is 5.82 Å². The van der Waals surface area contributed by atoms with Gasteiger partial charge in [-0.2, -0.15) is 0 Å². The van der Waals surface area contributed by atoms with E-state index >= 15 is 0 Å². The summed E-state index contributed by atoms with van der Waals surface area (Å²) < 4.78 is 0. The van der Waals surface area contributed by atoms with Crippen LogP contribution < -0.4 is 10.6 Å². The van der Waals surface area contributed by atoms with Gasteiger partial charge in [0.25, 0.3) is 0 Å². The lowest BCUT2D eigenvalue weighted by molar-refractivity contribution is 0.661. The molecule has 1 aliphatic carbocycles. The summed E-state index contributed by atoms with van der Waals surface area (Å²) in [6, 6.07) is 2.09. The summed E-state index contributed by atoms with van der Waals surface area (Å²) in [5, 5.41) is 7.81. The van der Waals surface area contributed by atoms with E-state index < -0.39 is 0 Å². The molecule has 110 valence electrons.